The van der Waals surface area contributed by atoms with Gasteiger partial charge in [0.2, 0.25) is 5.91 Å². The van der Waals surface area contributed by atoms with E-state index in [-0.39, 0.29) is 29.6 Å². The van der Waals surface area contributed by atoms with Crippen molar-refractivity contribution in [2.45, 2.75) is 40.0 Å². The van der Waals surface area contributed by atoms with Gasteiger partial charge in [0, 0.05) is 11.6 Å². The molecule has 2 rings (SSSR count). The molecular formula is C19H26N2O3. The summed E-state index contributed by atoms with van der Waals surface area (Å²) in [5.74, 6) is -0.528. The first-order chi connectivity index (χ1) is 11.5. The maximum absolute atomic E-state index is 12.2. The van der Waals surface area contributed by atoms with Gasteiger partial charge in [0.05, 0.1) is 12.5 Å². The molecule has 0 aromatic heterocycles. The molecule has 1 saturated carbocycles. The molecule has 1 N–H and O–H groups in total. The molecule has 24 heavy (non-hydrogen) atoms. The van der Waals surface area contributed by atoms with Crippen LogP contribution < -0.4 is 5.43 Å². The lowest BCUT2D eigenvalue weighted by molar-refractivity contribution is -0.146. The summed E-state index contributed by atoms with van der Waals surface area (Å²) in [5, 5.41) is 4.15. The summed E-state index contributed by atoms with van der Waals surface area (Å²) in [6, 6.07) is 10.0. The van der Waals surface area contributed by atoms with Gasteiger partial charge in [0.25, 0.3) is 0 Å². The second-order valence-corrected chi connectivity index (χ2v) is 6.56. The first kappa shape index (κ1) is 18.2. The number of benzene rings is 1. The van der Waals surface area contributed by atoms with E-state index < -0.39 is 5.92 Å². The van der Waals surface area contributed by atoms with E-state index in [2.05, 4.69) is 10.5 Å². The zero-order valence-corrected chi connectivity index (χ0v) is 14.8. The molecule has 1 aromatic rings. The quantitative estimate of drug-likeness (QED) is 0.474. The van der Waals surface area contributed by atoms with Gasteiger partial charge in [-0.2, -0.15) is 5.10 Å². The Morgan fingerprint density at radius 3 is 2.54 bits per heavy atom. The maximum Gasteiger partial charge on any atom is 0.314 e. The minimum atomic E-state index is -0.436. The third kappa shape index (κ3) is 4.43. The predicted molar refractivity (Wildman–Crippen MR) is 93.5 cm³/mol. The molecule has 1 amide bonds. The molecule has 1 aromatic carbocycles. The van der Waals surface area contributed by atoms with Crippen molar-refractivity contribution in [1.29, 1.82) is 0 Å². The van der Waals surface area contributed by atoms with Crippen LogP contribution in [0.2, 0.25) is 0 Å². The number of nitrogens with zero attached hydrogens (tertiary/aromatic N) is 1. The lowest BCUT2D eigenvalue weighted by Crippen LogP contribution is -2.31. The molecule has 1 aliphatic carbocycles. The number of ether oxygens (including phenoxy) is 1. The van der Waals surface area contributed by atoms with Crippen molar-refractivity contribution in [2.75, 3.05) is 6.61 Å². The number of hydrazone groups is 1. The average Bonchev–Trinajstić information content (AvgIpc) is 3.34. The molecule has 0 radical (unpaired) electrons. The first-order valence-electron chi connectivity index (χ1n) is 8.51. The lowest BCUT2D eigenvalue weighted by Gasteiger charge is -2.18. The highest BCUT2D eigenvalue weighted by molar-refractivity contribution is 6.01. The Morgan fingerprint density at radius 1 is 1.29 bits per heavy atom. The summed E-state index contributed by atoms with van der Waals surface area (Å²) in [6.45, 7) is 7.75. The third-order valence-corrected chi connectivity index (χ3v) is 4.35. The Balaban J connectivity index is 1.94. The summed E-state index contributed by atoms with van der Waals surface area (Å²) in [6.07, 6.45) is 0.843. The smallest absolute Gasteiger partial charge is 0.314 e. The summed E-state index contributed by atoms with van der Waals surface area (Å²) in [4.78, 5) is 24.3. The summed E-state index contributed by atoms with van der Waals surface area (Å²) < 4.78 is 5.10. The van der Waals surface area contributed by atoms with Gasteiger partial charge in [-0.3, -0.25) is 9.59 Å². The van der Waals surface area contributed by atoms with Gasteiger partial charge in [-0.15, -0.1) is 0 Å². The first-order valence-corrected chi connectivity index (χ1v) is 8.51. The van der Waals surface area contributed by atoms with E-state index in [9.17, 15) is 9.59 Å². The number of amides is 1. The zero-order valence-electron chi connectivity index (χ0n) is 14.8. The highest BCUT2D eigenvalue weighted by atomic mass is 16.5. The van der Waals surface area contributed by atoms with Crippen molar-refractivity contribution in [3.63, 3.8) is 0 Å². The normalized spacial score (nSPS) is 21.3. The van der Waals surface area contributed by atoms with Gasteiger partial charge in [-0.25, -0.2) is 5.43 Å². The van der Waals surface area contributed by atoms with Crippen molar-refractivity contribution >= 4 is 17.6 Å². The average molecular weight is 330 g/mol. The number of esters is 1. The van der Waals surface area contributed by atoms with Gasteiger partial charge in [0.15, 0.2) is 0 Å². The van der Waals surface area contributed by atoms with Crippen LogP contribution in [0.3, 0.4) is 0 Å². The molecule has 3 atom stereocenters. The molecule has 0 unspecified atom stereocenters. The molecule has 1 fully saturated rings. The summed E-state index contributed by atoms with van der Waals surface area (Å²) >= 11 is 0. The van der Waals surface area contributed by atoms with E-state index in [1.54, 1.807) is 13.8 Å². The van der Waals surface area contributed by atoms with E-state index >= 15 is 0 Å². The second kappa shape index (κ2) is 8.08. The molecule has 5 heteroatoms. The highest BCUT2D eigenvalue weighted by Crippen LogP contribution is 2.47. The second-order valence-electron chi connectivity index (χ2n) is 6.56. The molecule has 0 saturated heterocycles. The molecule has 0 bridgehead atoms. The number of carbonyl (C=O) groups excluding carboxylic acids is 2. The minimum Gasteiger partial charge on any atom is -0.465 e. The van der Waals surface area contributed by atoms with E-state index in [1.807, 2.05) is 44.2 Å². The number of hydrogen-bond donors (Lipinski definition) is 1. The lowest BCUT2D eigenvalue weighted by atomic mass is 9.92. The zero-order chi connectivity index (χ0) is 17.7. The fourth-order valence-corrected chi connectivity index (χ4v) is 3.01. The monoisotopic (exact) mass is 330 g/mol. The van der Waals surface area contributed by atoms with Crippen LogP contribution in [-0.2, 0) is 14.3 Å². The van der Waals surface area contributed by atoms with Gasteiger partial charge in [0.1, 0.15) is 0 Å². The van der Waals surface area contributed by atoms with Crippen molar-refractivity contribution in [3.8, 4) is 0 Å². The fraction of sp³-hybridized carbons (Fsp3) is 0.526. The van der Waals surface area contributed by atoms with Gasteiger partial charge >= 0.3 is 5.97 Å². The predicted octanol–water partition coefficient (Wildman–Crippen LogP) is 3.12. The topological polar surface area (TPSA) is 67.8 Å². The van der Waals surface area contributed by atoms with Crippen LogP contribution in [0.1, 0.15) is 45.6 Å². The fourth-order valence-electron chi connectivity index (χ4n) is 3.01. The molecule has 130 valence electrons. The van der Waals surface area contributed by atoms with E-state index in [0.29, 0.717) is 12.3 Å². The molecule has 0 heterocycles. The standard InChI is InChI=1S/C19H26N2O3/c1-5-24-19(23)17(12(2)3)13(4)20-21-18(22)16-11-15(16)14-9-7-6-8-10-14/h6-10,12,15-17H,5,11H2,1-4H3,(H,21,22)/b20-13-/t15-,16-,17-/m0/s1. The van der Waals surface area contributed by atoms with E-state index in [4.69, 9.17) is 4.74 Å². The number of carbonyl (C=O) groups is 2. The van der Waals surface area contributed by atoms with Crippen LogP contribution in [0.25, 0.3) is 0 Å². The number of hydrogen-bond acceptors (Lipinski definition) is 4. The third-order valence-electron chi connectivity index (χ3n) is 4.35. The van der Waals surface area contributed by atoms with Crippen LogP contribution in [0.15, 0.2) is 35.4 Å². The Morgan fingerprint density at radius 2 is 1.96 bits per heavy atom. The minimum absolute atomic E-state index is 0.0379. The van der Waals surface area contributed by atoms with Crippen LogP contribution in [0.5, 0.6) is 0 Å². The Hall–Kier alpha value is -2.17. The number of rotatable bonds is 7. The molecule has 5 nitrogen and oxygen atoms in total. The molecule has 1 aliphatic rings. The van der Waals surface area contributed by atoms with Gasteiger partial charge in [-0.1, -0.05) is 44.2 Å². The van der Waals surface area contributed by atoms with Crippen molar-refractivity contribution in [3.05, 3.63) is 35.9 Å². The largest absolute Gasteiger partial charge is 0.465 e. The van der Waals surface area contributed by atoms with Crippen LogP contribution >= 0.6 is 0 Å². The summed E-state index contributed by atoms with van der Waals surface area (Å²) in [5.41, 5.74) is 4.38. The van der Waals surface area contributed by atoms with Crippen LogP contribution in [-0.4, -0.2) is 24.2 Å². The van der Waals surface area contributed by atoms with Crippen LogP contribution in [0.4, 0.5) is 0 Å². The van der Waals surface area contributed by atoms with Crippen molar-refractivity contribution in [1.82, 2.24) is 5.43 Å². The SMILES string of the molecule is CCOC(=O)[C@H](/C(C)=N\NC(=O)[C@H]1C[C@H]1c1ccccc1)C(C)C. The Labute approximate surface area is 143 Å². The highest BCUT2D eigenvalue weighted by Gasteiger charge is 2.44. The maximum atomic E-state index is 12.2. The molecule has 0 aliphatic heterocycles. The number of nitrogens with one attached hydrogen (secondary N) is 1. The van der Waals surface area contributed by atoms with E-state index in [1.165, 1.54) is 5.56 Å². The van der Waals surface area contributed by atoms with Crippen molar-refractivity contribution < 1.29 is 14.3 Å². The Kier molecular flexibility index (Phi) is 6.12. The van der Waals surface area contributed by atoms with Crippen LogP contribution in [0, 0.1) is 17.8 Å². The van der Waals surface area contributed by atoms with E-state index in [0.717, 1.165) is 6.42 Å². The molecular weight excluding hydrogens is 304 g/mol. The summed E-state index contributed by atoms with van der Waals surface area (Å²) in [7, 11) is 0. The van der Waals surface area contributed by atoms with Gasteiger partial charge in [-0.05, 0) is 37.7 Å². The Bertz CT molecular complexity index is 610. The molecule has 0 spiro atoms. The van der Waals surface area contributed by atoms with Gasteiger partial charge < -0.3 is 4.74 Å². The van der Waals surface area contributed by atoms with Crippen molar-refractivity contribution in [2.24, 2.45) is 22.9 Å².